The Labute approximate surface area is 173 Å². The Hall–Kier alpha value is -4.06. The SMILES string of the molecule is Cc1ccc(/C=N/NC(=O)Cn2nc(-c3ccccc3)c3ccccc3c2=O)cc1. The van der Waals surface area contributed by atoms with Crippen LogP contribution in [0.2, 0.25) is 0 Å². The smallest absolute Gasteiger partial charge is 0.271 e. The first-order valence-corrected chi connectivity index (χ1v) is 9.56. The van der Waals surface area contributed by atoms with E-state index in [-0.39, 0.29) is 12.1 Å². The van der Waals surface area contributed by atoms with Gasteiger partial charge in [-0.15, -0.1) is 0 Å². The van der Waals surface area contributed by atoms with E-state index in [1.165, 1.54) is 4.68 Å². The zero-order valence-corrected chi connectivity index (χ0v) is 16.4. The van der Waals surface area contributed by atoms with Gasteiger partial charge in [0, 0.05) is 10.9 Å². The summed E-state index contributed by atoms with van der Waals surface area (Å²) >= 11 is 0. The number of carbonyl (C=O) groups excluding carboxylic acids is 1. The van der Waals surface area contributed by atoms with E-state index in [2.05, 4.69) is 15.6 Å². The van der Waals surface area contributed by atoms with Crippen LogP contribution in [-0.4, -0.2) is 21.9 Å². The first kappa shape index (κ1) is 19.3. The molecule has 4 rings (SSSR count). The van der Waals surface area contributed by atoms with Crippen LogP contribution in [0.25, 0.3) is 22.0 Å². The first-order chi connectivity index (χ1) is 14.6. The highest BCUT2D eigenvalue weighted by Gasteiger charge is 2.13. The average molecular weight is 396 g/mol. The predicted octanol–water partition coefficient (Wildman–Crippen LogP) is 3.52. The molecule has 0 aliphatic rings. The summed E-state index contributed by atoms with van der Waals surface area (Å²) < 4.78 is 1.18. The molecule has 1 heterocycles. The molecule has 30 heavy (non-hydrogen) atoms. The second-order valence-electron chi connectivity index (χ2n) is 6.93. The molecule has 1 aromatic heterocycles. The van der Waals surface area contributed by atoms with E-state index in [4.69, 9.17) is 0 Å². The third-order valence-corrected chi connectivity index (χ3v) is 4.69. The zero-order valence-electron chi connectivity index (χ0n) is 16.4. The molecule has 1 amide bonds. The minimum atomic E-state index is -0.428. The number of benzene rings is 3. The second-order valence-corrected chi connectivity index (χ2v) is 6.93. The summed E-state index contributed by atoms with van der Waals surface area (Å²) in [6, 6.07) is 24.6. The molecule has 3 aromatic carbocycles. The minimum Gasteiger partial charge on any atom is -0.271 e. The Kier molecular flexibility index (Phi) is 5.48. The summed E-state index contributed by atoms with van der Waals surface area (Å²) in [4.78, 5) is 25.2. The molecule has 0 unspecified atom stereocenters. The maximum Gasteiger partial charge on any atom is 0.275 e. The standard InChI is InChI=1S/C24H20N4O2/c1-17-11-13-18(14-12-17)15-25-26-22(29)16-28-24(30)21-10-6-5-9-20(21)23(27-28)19-7-3-2-4-8-19/h2-15H,16H2,1H3,(H,26,29)/b25-15+. The number of nitrogens with zero attached hydrogens (tertiary/aromatic N) is 3. The highest BCUT2D eigenvalue weighted by atomic mass is 16.2. The van der Waals surface area contributed by atoms with Gasteiger partial charge in [-0.25, -0.2) is 10.1 Å². The molecule has 6 nitrogen and oxygen atoms in total. The number of hydrogen-bond donors (Lipinski definition) is 1. The van der Waals surface area contributed by atoms with Crippen LogP contribution in [0.5, 0.6) is 0 Å². The van der Waals surface area contributed by atoms with Crippen molar-refractivity contribution < 1.29 is 4.79 Å². The molecule has 0 saturated heterocycles. The van der Waals surface area contributed by atoms with E-state index in [1.54, 1.807) is 18.3 Å². The Balaban J connectivity index is 1.61. The van der Waals surface area contributed by atoms with Gasteiger partial charge in [-0.3, -0.25) is 9.59 Å². The van der Waals surface area contributed by atoms with E-state index in [1.807, 2.05) is 73.7 Å². The predicted molar refractivity (Wildman–Crippen MR) is 118 cm³/mol. The van der Waals surface area contributed by atoms with Gasteiger partial charge in [-0.2, -0.15) is 10.2 Å². The lowest BCUT2D eigenvalue weighted by atomic mass is 10.1. The van der Waals surface area contributed by atoms with E-state index in [0.29, 0.717) is 11.1 Å². The van der Waals surface area contributed by atoms with Crippen molar-refractivity contribution in [2.24, 2.45) is 5.10 Å². The molecule has 1 N–H and O–H groups in total. The highest BCUT2D eigenvalue weighted by molar-refractivity contribution is 5.93. The van der Waals surface area contributed by atoms with Crippen molar-refractivity contribution in [1.29, 1.82) is 0 Å². The van der Waals surface area contributed by atoms with Gasteiger partial charge < -0.3 is 0 Å². The third kappa shape index (κ3) is 4.17. The lowest BCUT2D eigenvalue weighted by molar-refractivity contribution is -0.121. The topological polar surface area (TPSA) is 76.3 Å². The van der Waals surface area contributed by atoms with Gasteiger partial charge in [0.1, 0.15) is 6.54 Å². The molecule has 4 aromatic rings. The second kappa shape index (κ2) is 8.53. The minimum absolute atomic E-state index is 0.227. The summed E-state index contributed by atoms with van der Waals surface area (Å²) in [5.41, 5.74) is 5.69. The molecule has 0 aliphatic heterocycles. The molecule has 0 aliphatic carbocycles. The molecule has 0 spiro atoms. The quantitative estimate of drug-likeness (QED) is 0.414. The fraction of sp³-hybridized carbons (Fsp3) is 0.0833. The van der Waals surface area contributed by atoms with Crippen molar-refractivity contribution in [3.8, 4) is 11.3 Å². The van der Waals surface area contributed by atoms with Crippen molar-refractivity contribution in [3.05, 3.63) is 100 Å². The molecule has 0 fully saturated rings. The normalized spacial score (nSPS) is 11.1. The van der Waals surface area contributed by atoms with Gasteiger partial charge in [0.25, 0.3) is 11.5 Å². The maximum absolute atomic E-state index is 12.9. The van der Waals surface area contributed by atoms with Crippen molar-refractivity contribution in [3.63, 3.8) is 0 Å². The first-order valence-electron chi connectivity index (χ1n) is 9.56. The molecular formula is C24H20N4O2. The summed E-state index contributed by atoms with van der Waals surface area (Å²) in [7, 11) is 0. The van der Waals surface area contributed by atoms with Crippen molar-refractivity contribution >= 4 is 22.9 Å². The fourth-order valence-corrected chi connectivity index (χ4v) is 3.15. The molecule has 148 valence electrons. The Morgan fingerprint density at radius 2 is 1.63 bits per heavy atom. The van der Waals surface area contributed by atoms with Crippen LogP contribution in [0.15, 0.2) is 88.8 Å². The monoisotopic (exact) mass is 396 g/mol. The van der Waals surface area contributed by atoms with Crippen molar-refractivity contribution in [2.45, 2.75) is 13.5 Å². The summed E-state index contributed by atoms with van der Waals surface area (Å²) in [6.07, 6.45) is 1.56. The number of hydrazone groups is 1. The Morgan fingerprint density at radius 3 is 2.37 bits per heavy atom. The number of aromatic nitrogens is 2. The van der Waals surface area contributed by atoms with Crippen LogP contribution in [0, 0.1) is 6.92 Å². The Bertz CT molecular complexity index is 1280. The summed E-state index contributed by atoms with van der Waals surface area (Å²) in [6.45, 7) is 1.77. The summed E-state index contributed by atoms with van der Waals surface area (Å²) in [5.74, 6) is -0.428. The lowest BCUT2D eigenvalue weighted by Gasteiger charge is -2.10. The van der Waals surface area contributed by atoms with Crippen LogP contribution < -0.4 is 11.0 Å². The third-order valence-electron chi connectivity index (χ3n) is 4.69. The molecular weight excluding hydrogens is 376 g/mol. The Morgan fingerprint density at radius 1 is 0.967 bits per heavy atom. The van der Waals surface area contributed by atoms with Crippen molar-refractivity contribution in [2.75, 3.05) is 0 Å². The van der Waals surface area contributed by atoms with E-state index < -0.39 is 5.91 Å². The number of carbonyl (C=O) groups is 1. The number of aryl methyl sites for hydroxylation is 1. The lowest BCUT2D eigenvalue weighted by Crippen LogP contribution is -2.32. The number of hydrogen-bond acceptors (Lipinski definition) is 4. The molecule has 0 saturated carbocycles. The molecule has 0 atom stereocenters. The highest BCUT2D eigenvalue weighted by Crippen LogP contribution is 2.24. The van der Waals surface area contributed by atoms with Gasteiger partial charge in [0.05, 0.1) is 17.3 Å². The van der Waals surface area contributed by atoms with E-state index in [9.17, 15) is 9.59 Å². The van der Waals surface area contributed by atoms with Crippen LogP contribution in [0.1, 0.15) is 11.1 Å². The average Bonchev–Trinajstić information content (AvgIpc) is 2.78. The van der Waals surface area contributed by atoms with Gasteiger partial charge in [-0.05, 0) is 18.6 Å². The molecule has 0 radical (unpaired) electrons. The zero-order chi connectivity index (χ0) is 20.9. The number of nitrogens with one attached hydrogen (secondary N) is 1. The van der Waals surface area contributed by atoms with Crippen LogP contribution in [0.4, 0.5) is 0 Å². The van der Waals surface area contributed by atoms with Gasteiger partial charge in [0.2, 0.25) is 0 Å². The van der Waals surface area contributed by atoms with Crippen LogP contribution in [0.3, 0.4) is 0 Å². The van der Waals surface area contributed by atoms with Gasteiger partial charge >= 0.3 is 0 Å². The fourth-order valence-electron chi connectivity index (χ4n) is 3.15. The van der Waals surface area contributed by atoms with E-state index in [0.717, 1.165) is 22.1 Å². The van der Waals surface area contributed by atoms with Crippen molar-refractivity contribution in [1.82, 2.24) is 15.2 Å². The molecule has 0 bridgehead atoms. The number of amides is 1. The number of rotatable bonds is 5. The van der Waals surface area contributed by atoms with E-state index >= 15 is 0 Å². The van der Waals surface area contributed by atoms with Gasteiger partial charge in [-0.1, -0.05) is 78.4 Å². The largest absolute Gasteiger partial charge is 0.275 e. The molecule has 6 heteroatoms. The van der Waals surface area contributed by atoms with Crippen LogP contribution in [-0.2, 0) is 11.3 Å². The maximum atomic E-state index is 12.9. The van der Waals surface area contributed by atoms with Crippen LogP contribution >= 0.6 is 0 Å². The number of fused-ring (bicyclic) bond motifs is 1. The summed E-state index contributed by atoms with van der Waals surface area (Å²) in [5, 5.41) is 9.72. The van der Waals surface area contributed by atoms with Gasteiger partial charge in [0.15, 0.2) is 0 Å².